The van der Waals surface area contributed by atoms with E-state index in [0.717, 1.165) is 23.9 Å². The molecule has 2 heterocycles. The first-order chi connectivity index (χ1) is 11.6. The molecule has 1 aromatic heterocycles. The Morgan fingerprint density at radius 1 is 1.04 bits per heavy atom. The fourth-order valence-electron chi connectivity index (χ4n) is 3.17. The summed E-state index contributed by atoms with van der Waals surface area (Å²) in [5.74, 6) is 0.619. The van der Waals surface area contributed by atoms with E-state index in [1.165, 1.54) is 0 Å². The van der Waals surface area contributed by atoms with Gasteiger partial charge < -0.3 is 4.42 Å². The van der Waals surface area contributed by atoms with E-state index in [1.807, 2.05) is 30.3 Å². The number of para-hydroxylation sites is 2. The van der Waals surface area contributed by atoms with Gasteiger partial charge in [-0.3, -0.25) is 0 Å². The molecule has 0 bridgehead atoms. The maximum Gasteiger partial charge on any atom is 0.243 e. The predicted molar refractivity (Wildman–Crippen MR) is 91.2 cm³/mol. The first kappa shape index (κ1) is 15.4. The molecular formula is C18H18N2O3S. The summed E-state index contributed by atoms with van der Waals surface area (Å²) in [6.45, 7) is 0.942. The molecule has 0 aliphatic carbocycles. The predicted octanol–water partition coefficient (Wildman–Crippen LogP) is 3.40. The number of piperidine rings is 1. The highest BCUT2D eigenvalue weighted by Crippen LogP contribution is 2.31. The first-order valence-electron chi connectivity index (χ1n) is 8.05. The second kappa shape index (κ2) is 6.03. The van der Waals surface area contributed by atoms with Crippen LogP contribution < -0.4 is 0 Å². The van der Waals surface area contributed by atoms with Crippen LogP contribution in [0.3, 0.4) is 0 Å². The number of hydrogen-bond donors (Lipinski definition) is 0. The van der Waals surface area contributed by atoms with Gasteiger partial charge in [0.15, 0.2) is 11.5 Å². The molecule has 1 saturated heterocycles. The molecule has 0 saturated carbocycles. The Labute approximate surface area is 141 Å². The van der Waals surface area contributed by atoms with Gasteiger partial charge >= 0.3 is 0 Å². The van der Waals surface area contributed by atoms with Crippen molar-refractivity contribution in [2.45, 2.75) is 23.7 Å². The zero-order valence-electron chi connectivity index (χ0n) is 13.1. The molecule has 0 amide bonds. The number of benzene rings is 2. The van der Waals surface area contributed by atoms with Crippen LogP contribution in [0.4, 0.5) is 0 Å². The number of sulfonamides is 1. The molecule has 0 unspecified atom stereocenters. The standard InChI is InChI=1S/C18H18N2O3S/c21-24(22,15-8-2-1-3-9-15)20-12-6-7-14(13-20)18-19-16-10-4-5-11-17(16)23-18/h1-5,8-11,14H,6-7,12-13H2/t14-/m1/s1. The number of oxazole rings is 1. The molecule has 5 nitrogen and oxygen atoms in total. The van der Waals surface area contributed by atoms with Crippen LogP contribution in [0.5, 0.6) is 0 Å². The molecule has 3 aromatic rings. The van der Waals surface area contributed by atoms with Crippen molar-refractivity contribution in [2.75, 3.05) is 13.1 Å². The normalized spacial score (nSPS) is 19.6. The molecule has 1 aliphatic heterocycles. The van der Waals surface area contributed by atoms with E-state index in [-0.39, 0.29) is 5.92 Å². The maximum atomic E-state index is 12.8. The summed E-state index contributed by atoms with van der Waals surface area (Å²) in [6.07, 6.45) is 1.68. The average molecular weight is 342 g/mol. The van der Waals surface area contributed by atoms with Gasteiger partial charge in [-0.25, -0.2) is 13.4 Å². The third-order valence-electron chi connectivity index (χ3n) is 4.42. The molecule has 0 spiro atoms. The Balaban J connectivity index is 1.62. The fraction of sp³-hybridized carbons (Fsp3) is 0.278. The topological polar surface area (TPSA) is 63.4 Å². The molecule has 0 N–H and O–H groups in total. The lowest BCUT2D eigenvalue weighted by molar-refractivity contribution is 0.288. The molecule has 4 rings (SSSR count). The fourth-order valence-corrected chi connectivity index (χ4v) is 4.71. The Hall–Kier alpha value is -2.18. The zero-order chi connectivity index (χ0) is 16.6. The van der Waals surface area contributed by atoms with Gasteiger partial charge in [0, 0.05) is 19.0 Å². The summed E-state index contributed by atoms with van der Waals surface area (Å²) in [5.41, 5.74) is 1.56. The van der Waals surface area contributed by atoms with E-state index in [2.05, 4.69) is 4.98 Å². The second-order valence-electron chi connectivity index (χ2n) is 6.04. The van der Waals surface area contributed by atoms with Crippen molar-refractivity contribution < 1.29 is 12.8 Å². The van der Waals surface area contributed by atoms with Crippen molar-refractivity contribution in [3.8, 4) is 0 Å². The maximum absolute atomic E-state index is 12.8. The van der Waals surface area contributed by atoms with Crippen LogP contribution >= 0.6 is 0 Å². The monoisotopic (exact) mass is 342 g/mol. The Bertz CT molecular complexity index is 918. The molecular weight excluding hydrogens is 324 g/mol. The minimum atomic E-state index is -3.47. The van der Waals surface area contributed by atoms with E-state index >= 15 is 0 Å². The molecule has 1 fully saturated rings. The molecule has 124 valence electrons. The lowest BCUT2D eigenvalue weighted by Crippen LogP contribution is -2.39. The SMILES string of the molecule is O=S(=O)(c1ccccc1)N1CCC[C@@H](c2nc3ccccc3o2)C1. The summed E-state index contributed by atoms with van der Waals surface area (Å²) in [4.78, 5) is 4.87. The summed E-state index contributed by atoms with van der Waals surface area (Å²) < 4.78 is 33.0. The number of nitrogens with zero attached hydrogens (tertiary/aromatic N) is 2. The molecule has 0 radical (unpaired) electrons. The molecule has 1 atom stereocenters. The molecule has 6 heteroatoms. The van der Waals surface area contributed by atoms with E-state index in [4.69, 9.17) is 4.42 Å². The highest BCUT2D eigenvalue weighted by Gasteiger charge is 2.32. The largest absolute Gasteiger partial charge is 0.440 e. The number of aromatic nitrogens is 1. The van der Waals surface area contributed by atoms with Gasteiger partial charge in [0.2, 0.25) is 10.0 Å². The van der Waals surface area contributed by atoms with Crippen molar-refractivity contribution in [3.05, 3.63) is 60.5 Å². The van der Waals surface area contributed by atoms with Gasteiger partial charge in [-0.1, -0.05) is 30.3 Å². The van der Waals surface area contributed by atoms with Gasteiger partial charge in [0.1, 0.15) is 5.52 Å². The van der Waals surface area contributed by atoms with Crippen molar-refractivity contribution >= 4 is 21.1 Å². The summed E-state index contributed by atoms with van der Waals surface area (Å²) >= 11 is 0. The third kappa shape index (κ3) is 2.72. The number of hydrogen-bond acceptors (Lipinski definition) is 4. The number of fused-ring (bicyclic) bond motifs is 1. The van der Waals surface area contributed by atoms with Crippen molar-refractivity contribution in [1.82, 2.24) is 9.29 Å². The van der Waals surface area contributed by atoms with Crippen LogP contribution in [-0.4, -0.2) is 30.8 Å². The van der Waals surface area contributed by atoms with E-state index in [0.29, 0.717) is 23.9 Å². The average Bonchev–Trinajstić information content (AvgIpc) is 3.07. The van der Waals surface area contributed by atoms with Crippen LogP contribution in [-0.2, 0) is 10.0 Å². The van der Waals surface area contributed by atoms with Crippen molar-refractivity contribution in [2.24, 2.45) is 0 Å². The quantitative estimate of drug-likeness (QED) is 0.732. The van der Waals surface area contributed by atoms with Crippen LogP contribution in [0.25, 0.3) is 11.1 Å². The highest BCUT2D eigenvalue weighted by atomic mass is 32.2. The molecule has 2 aromatic carbocycles. The minimum Gasteiger partial charge on any atom is -0.440 e. The Morgan fingerprint density at radius 3 is 2.58 bits per heavy atom. The Morgan fingerprint density at radius 2 is 1.79 bits per heavy atom. The summed E-state index contributed by atoms with van der Waals surface area (Å²) in [7, 11) is -3.47. The smallest absolute Gasteiger partial charge is 0.243 e. The van der Waals surface area contributed by atoms with Crippen LogP contribution in [0.15, 0.2) is 63.9 Å². The summed E-state index contributed by atoms with van der Waals surface area (Å²) in [6, 6.07) is 16.2. The van der Waals surface area contributed by atoms with Crippen molar-refractivity contribution in [1.29, 1.82) is 0 Å². The lowest BCUT2D eigenvalue weighted by Gasteiger charge is -2.30. The van der Waals surface area contributed by atoms with Gasteiger partial charge in [0.05, 0.1) is 4.90 Å². The van der Waals surface area contributed by atoms with Gasteiger partial charge in [0.25, 0.3) is 0 Å². The zero-order valence-corrected chi connectivity index (χ0v) is 13.9. The van der Waals surface area contributed by atoms with E-state index in [9.17, 15) is 8.42 Å². The lowest BCUT2D eigenvalue weighted by atomic mass is 10.00. The van der Waals surface area contributed by atoms with Crippen molar-refractivity contribution in [3.63, 3.8) is 0 Å². The van der Waals surface area contributed by atoms with Gasteiger partial charge in [-0.15, -0.1) is 0 Å². The first-order valence-corrected chi connectivity index (χ1v) is 9.49. The minimum absolute atomic E-state index is 0.00960. The highest BCUT2D eigenvalue weighted by molar-refractivity contribution is 7.89. The third-order valence-corrected chi connectivity index (χ3v) is 6.30. The number of rotatable bonds is 3. The second-order valence-corrected chi connectivity index (χ2v) is 7.97. The van der Waals surface area contributed by atoms with Gasteiger partial charge in [-0.05, 0) is 37.1 Å². The van der Waals surface area contributed by atoms with Crippen LogP contribution in [0.1, 0.15) is 24.7 Å². The van der Waals surface area contributed by atoms with Gasteiger partial charge in [-0.2, -0.15) is 4.31 Å². The summed E-state index contributed by atoms with van der Waals surface area (Å²) in [5, 5.41) is 0. The van der Waals surface area contributed by atoms with Crippen LogP contribution in [0.2, 0.25) is 0 Å². The Kier molecular flexibility index (Phi) is 3.86. The molecule has 1 aliphatic rings. The van der Waals surface area contributed by atoms with E-state index in [1.54, 1.807) is 28.6 Å². The van der Waals surface area contributed by atoms with E-state index < -0.39 is 10.0 Å². The van der Waals surface area contributed by atoms with Crippen LogP contribution in [0, 0.1) is 0 Å². The molecule has 24 heavy (non-hydrogen) atoms.